The summed E-state index contributed by atoms with van der Waals surface area (Å²) in [5.41, 5.74) is 0. The van der Waals surface area contributed by atoms with Crippen molar-refractivity contribution in [2.45, 2.75) is 31.7 Å². The second-order valence-corrected chi connectivity index (χ2v) is 5.20. The van der Waals surface area contributed by atoms with Crippen LogP contribution in [-0.2, 0) is 10.8 Å². The fourth-order valence-electron chi connectivity index (χ4n) is 1.55. The largest absolute Gasteiger partial charge is 0.314 e. The topological polar surface area (TPSA) is 29.1 Å². The second kappa shape index (κ2) is 6.33. The van der Waals surface area contributed by atoms with Crippen molar-refractivity contribution in [2.75, 3.05) is 18.1 Å². The third-order valence-corrected chi connectivity index (χ3v) is 3.79. The van der Waals surface area contributed by atoms with Crippen LogP contribution >= 0.6 is 0 Å². The van der Waals surface area contributed by atoms with Crippen molar-refractivity contribution in [3.05, 3.63) is 12.7 Å². The van der Waals surface area contributed by atoms with E-state index in [2.05, 4.69) is 11.9 Å². The highest BCUT2D eigenvalue weighted by Gasteiger charge is 2.16. The van der Waals surface area contributed by atoms with E-state index in [1.807, 2.05) is 6.08 Å². The Hall–Kier alpha value is -0.150. The third-order valence-electron chi connectivity index (χ3n) is 2.41. The van der Waals surface area contributed by atoms with Crippen LogP contribution in [0.15, 0.2) is 12.7 Å². The molecular formula is C10H19NOS. The molecule has 1 rings (SSSR count). The lowest BCUT2D eigenvalue weighted by Gasteiger charge is -2.22. The highest BCUT2D eigenvalue weighted by Crippen LogP contribution is 2.08. The Labute approximate surface area is 83.3 Å². The molecular weight excluding hydrogens is 182 g/mol. The number of nitrogens with one attached hydrogen (secondary N) is 1. The summed E-state index contributed by atoms with van der Waals surface area (Å²) in [6.07, 6.45) is 6.38. The Morgan fingerprint density at radius 2 is 2.15 bits per heavy atom. The molecule has 0 aliphatic carbocycles. The van der Waals surface area contributed by atoms with Crippen molar-refractivity contribution >= 4 is 10.8 Å². The van der Waals surface area contributed by atoms with Crippen molar-refractivity contribution in [3.63, 3.8) is 0 Å². The monoisotopic (exact) mass is 201 g/mol. The second-order valence-electron chi connectivity index (χ2n) is 3.51. The van der Waals surface area contributed by atoms with E-state index in [0.717, 1.165) is 37.3 Å². The SMILES string of the molecule is C=CCCCNC1CCS(=O)CC1. The van der Waals surface area contributed by atoms with Crippen LogP contribution in [0.25, 0.3) is 0 Å². The van der Waals surface area contributed by atoms with E-state index >= 15 is 0 Å². The van der Waals surface area contributed by atoms with E-state index in [0.29, 0.717) is 6.04 Å². The van der Waals surface area contributed by atoms with Crippen molar-refractivity contribution < 1.29 is 4.21 Å². The molecule has 0 bridgehead atoms. The Morgan fingerprint density at radius 1 is 1.46 bits per heavy atom. The molecule has 0 amide bonds. The summed E-state index contributed by atoms with van der Waals surface area (Å²) in [5, 5.41) is 3.49. The first-order valence-electron chi connectivity index (χ1n) is 5.02. The average Bonchev–Trinajstić information content (AvgIpc) is 2.15. The molecule has 2 nitrogen and oxygen atoms in total. The summed E-state index contributed by atoms with van der Waals surface area (Å²) in [7, 11) is -0.526. The number of unbranched alkanes of at least 4 members (excludes halogenated alkanes) is 1. The van der Waals surface area contributed by atoms with Crippen molar-refractivity contribution in [2.24, 2.45) is 0 Å². The molecule has 1 aliphatic rings. The van der Waals surface area contributed by atoms with Crippen molar-refractivity contribution in [3.8, 4) is 0 Å². The minimum atomic E-state index is -0.526. The first kappa shape index (κ1) is 10.9. The van der Waals surface area contributed by atoms with E-state index in [4.69, 9.17) is 0 Å². The standard InChI is InChI=1S/C10H19NOS/c1-2-3-4-7-11-10-5-8-13(12)9-6-10/h2,10-11H,1,3-9H2. The van der Waals surface area contributed by atoms with Crippen LogP contribution in [0, 0.1) is 0 Å². The van der Waals surface area contributed by atoms with Gasteiger partial charge in [0, 0.05) is 28.3 Å². The Morgan fingerprint density at radius 3 is 2.77 bits per heavy atom. The molecule has 1 aliphatic heterocycles. The van der Waals surface area contributed by atoms with E-state index in [1.54, 1.807) is 0 Å². The van der Waals surface area contributed by atoms with Gasteiger partial charge in [-0.1, -0.05) is 6.08 Å². The van der Waals surface area contributed by atoms with Gasteiger partial charge in [0.1, 0.15) is 0 Å². The van der Waals surface area contributed by atoms with Crippen molar-refractivity contribution in [1.82, 2.24) is 5.32 Å². The first-order valence-corrected chi connectivity index (χ1v) is 6.51. The van der Waals surface area contributed by atoms with Gasteiger partial charge in [-0.3, -0.25) is 4.21 Å². The molecule has 13 heavy (non-hydrogen) atoms. The average molecular weight is 201 g/mol. The Balaban J connectivity index is 2.02. The van der Waals surface area contributed by atoms with E-state index in [9.17, 15) is 4.21 Å². The predicted octanol–water partition coefficient (Wildman–Crippen LogP) is 1.45. The number of allylic oxidation sites excluding steroid dienone is 1. The maximum atomic E-state index is 11.1. The number of hydrogen-bond donors (Lipinski definition) is 1. The highest BCUT2D eigenvalue weighted by atomic mass is 32.2. The molecule has 76 valence electrons. The van der Waals surface area contributed by atoms with Gasteiger partial charge in [0.25, 0.3) is 0 Å². The summed E-state index contributed by atoms with van der Waals surface area (Å²) in [6, 6.07) is 0.613. The van der Waals surface area contributed by atoms with E-state index in [1.165, 1.54) is 6.42 Å². The van der Waals surface area contributed by atoms with Crippen LogP contribution in [0.3, 0.4) is 0 Å². The maximum absolute atomic E-state index is 11.1. The minimum Gasteiger partial charge on any atom is -0.314 e. The summed E-state index contributed by atoms with van der Waals surface area (Å²) in [4.78, 5) is 0. The first-order chi connectivity index (χ1) is 6.33. The van der Waals surface area contributed by atoms with Gasteiger partial charge >= 0.3 is 0 Å². The molecule has 0 radical (unpaired) electrons. The summed E-state index contributed by atoms with van der Waals surface area (Å²) in [6.45, 7) is 4.76. The molecule has 1 saturated heterocycles. The molecule has 0 saturated carbocycles. The Kier molecular flexibility index (Phi) is 5.32. The van der Waals surface area contributed by atoms with Crippen LogP contribution in [0.4, 0.5) is 0 Å². The number of rotatable bonds is 5. The van der Waals surface area contributed by atoms with Crippen LogP contribution in [0.2, 0.25) is 0 Å². The molecule has 0 unspecified atom stereocenters. The molecule has 0 aromatic carbocycles. The zero-order chi connectivity index (χ0) is 9.52. The van der Waals surface area contributed by atoms with Gasteiger partial charge in [-0.05, 0) is 32.2 Å². The molecule has 0 atom stereocenters. The molecule has 3 heteroatoms. The summed E-state index contributed by atoms with van der Waals surface area (Å²) < 4.78 is 11.1. The lowest BCUT2D eigenvalue weighted by molar-refractivity contribution is 0.472. The lowest BCUT2D eigenvalue weighted by Crippen LogP contribution is -2.36. The molecule has 0 aromatic rings. The molecule has 0 spiro atoms. The highest BCUT2D eigenvalue weighted by molar-refractivity contribution is 7.85. The van der Waals surface area contributed by atoms with Gasteiger partial charge in [0.05, 0.1) is 0 Å². The smallest absolute Gasteiger partial charge is 0.0249 e. The van der Waals surface area contributed by atoms with Crippen molar-refractivity contribution in [1.29, 1.82) is 0 Å². The molecule has 1 fully saturated rings. The quantitative estimate of drug-likeness (QED) is 0.539. The van der Waals surface area contributed by atoms with Gasteiger partial charge < -0.3 is 5.32 Å². The summed E-state index contributed by atoms with van der Waals surface area (Å²) >= 11 is 0. The zero-order valence-electron chi connectivity index (χ0n) is 8.13. The van der Waals surface area contributed by atoms with E-state index < -0.39 is 10.8 Å². The molecule has 0 aromatic heterocycles. The van der Waals surface area contributed by atoms with Crippen LogP contribution in [0.5, 0.6) is 0 Å². The van der Waals surface area contributed by atoms with Crippen LogP contribution < -0.4 is 5.32 Å². The maximum Gasteiger partial charge on any atom is 0.0249 e. The predicted molar refractivity (Wildman–Crippen MR) is 58.3 cm³/mol. The minimum absolute atomic E-state index is 0.526. The summed E-state index contributed by atoms with van der Waals surface area (Å²) in [5.74, 6) is 1.78. The van der Waals surface area contributed by atoms with Gasteiger partial charge in [-0.25, -0.2) is 0 Å². The fraction of sp³-hybridized carbons (Fsp3) is 0.800. The van der Waals surface area contributed by atoms with Gasteiger partial charge in [0.2, 0.25) is 0 Å². The fourth-order valence-corrected chi connectivity index (χ4v) is 2.85. The molecule has 1 N–H and O–H groups in total. The Bertz CT molecular complexity index is 172. The number of hydrogen-bond acceptors (Lipinski definition) is 2. The van der Waals surface area contributed by atoms with Crippen LogP contribution in [0.1, 0.15) is 25.7 Å². The third kappa shape index (κ3) is 4.58. The zero-order valence-corrected chi connectivity index (χ0v) is 8.94. The van der Waals surface area contributed by atoms with E-state index in [-0.39, 0.29) is 0 Å². The van der Waals surface area contributed by atoms with Crippen LogP contribution in [-0.4, -0.2) is 28.3 Å². The van der Waals surface area contributed by atoms with Gasteiger partial charge in [-0.15, -0.1) is 6.58 Å². The van der Waals surface area contributed by atoms with Gasteiger partial charge in [0.15, 0.2) is 0 Å². The van der Waals surface area contributed by atoms with Gasteiger partial charge in [-0.2, -0.15) is 0 Å². The normalized spacial score (nSPS) is 28.6. The molecule has 1 heterocycles. The lowest BCUT2D eigenvalue weighted by atomic mass is 10.1.